The van der Waals surface area contributed by atoms with Crippen LogP contribution in [0.15, 0.2) is 43.0 Å². The van der Waals surface area contributed by atoms with Crippen LogP contribution in [0.5, 0.6) is 0 Å². The molecule has 0 aliphatic rings. The van der Waals surface area contributed by atoms with E-state index in [1.165, 1.54) is 23.3 Å². The average molecular weight is 553 g/mol. The zero-order chi connectivity index (χ0) is 28.7. The standard InChI is InChI=1S/C29H31F3N6O2/c1-4-7-12-37-19-23(26(36-37)29(30,31)32)25-18-35-27-24(33-10-13-38(25)27)17-20-8-9-22(21(6-3)16-20)28(39)34-11-15-40-14-5-2/h1,8-10,13,16,18-19H,5-7,11-12,14-15,17H2,2-3H3,(H,34,39). The van der Waals surface area contributed by atoms with Crippen molar-refractivity contribution in [3.8, 4) is 23.6 Å². The fourth-order valence-corrected chi connectivity index (χ4v) is 4.45. The molecule has 0 unspecified atom stereocenters. The Morgan fingerprint density at radius 2 is 2.02 bits per heavy atom. The second kappa shape index (κ2) is 12.8. The molecule has 0 radical (unpaired) electrons. The zero-order valence-electron chi connectivity index (χ0n) is 22.5. The van der Waals surface area contributed by atoms with E-state index in [4.69, 9.17) is 11.2 Å². The number of imidazole rings is 1. The molecule has 0 bridgehead atoms. The van der Waals surface area contributed by atoms with Gasteiger partial charge in [0.05, 0.1) is 36.3 Å². The van der Waals surface area contributed by atoms with E-state index >= 15 is 0 Å². The third-order valence-corrected chi connectivity index (χ3v) is 6.34. The smallest absolute Gasteiger partial charge is 0.380 e. The number of nitrogens with zero attached hydrogens (tertiary/aromatic N) is 5. The molecule has 40 heavy (non-hydrogen) atoms. The summed E-state index contributed by atoms with van der Waals surface area (Å²) in [4.78, 5) is 21.6. The van der Waals surface area contributed by atoms with Gasteiger partial charge in [-0.1, -0.05) is 26.0 Å². The molecule has 0 saturated heterocycles. The highest BCUT2D eigenvalue weighted by atomic mass is 19.4. The quantitative estimate of drug-likeness (QED) is 0.199. The first-order chi connectivity index (χ1) is 19.3. The van der Waals surface area contributed by atoms with Gasteiger partial charge in [-0.25, -0.2) is 4.98 Å². The number of hydrogen-bond donors (Lipinski definition) is 1. The van der Waals surface area contributed by atoms with Crippen molar-refractivity contribution in [3.05, 3.63) is 71.1 Å². The highest BCUT2D eigenvalue weighted by Crippen LogP contribution is 2.36. The van der Waals surface area contributed by atoms with Gasteiger partial charge in [0, 0.05) is 50.1 Å². The maximum absolute atomic E-state index is 13.8. The molecule has 4 rings (SSSR count). The molecule has 0 saturated carbocycles. The maximum atomic E-state index is 13.8. The van der Waals surface area contributed by atoms with Crippen molar-refractivity contribution in [1.29, 1.82) is 0 Å². The van der Waals surface area contributed by atoms with Gasteiger partial charge in [-0.15, -0.1) is 12.3 Å². The number of amides is 1. The number of fused-ring (bicyclic) bond motifs is 1. The monoisotopic (exact) mass is 552 g/mol. The Morgan fingerprint density at radius 1 is 1.20 bits per heavy atom. The van der Waals surface area contributed by atoms with E-state index in [0.717, 1.165) is 17.5 Å². The van der Waals surface area contributed by atoms with E-state index < -0.39 is 11.9 Å². The summed E-state index contributed by atoms with van der Waals surface area (Å²) in [5.74, 6) is 2.25. The van der Waals surface area contributed by atoms with Gasteiger partial charge >= 0.3 is 6.18 Å². The molecule has 0 fully saturated rings. The Morgan fingerprint density at radius 3 is 2.75 bits per heavy atom. The SMILES string of the molecule is C#CCCn1cc(-c2cnc3c(Cc4ccc(C(=O)NCCOCCC)c(CC)c4)nccn23)c(C(F)(F)F)n1. The van der Waals surface area contributed by atoms with Crippen LogP contribution in [0.25, 0.3) is 16.9 Å². The lowest BCUT2D eigenvalue weighted by Gasteiger charge is -2.12. The van der Waals surface area contributed by atoms with E-state index in [9.17, 15) is 18.0 Å². The lowest BCUT2D eigenvalue weighted by Crippen LogP contribution is -2.28. The summed E-state index contributed by atoms with van der Waals surface area (Å²) >= 11 is 0. The molecule has 3 aromatic heterocycles. The van der Waals surface area contributed by atoms with Crippen LogP contribution in [0, 0.1) is 12.3 Å². The number of ether oxygens (including phenoxy) is 1. The number of benzene rings is 1. The lowest BCUT2D eigenvalue weighted by molar-refractivity contribution is -0.141. The van der Waals surface area contributed by atoms with E-state index in [1.54, 1.807) is 16.7 Å². The molecule has 1 N–H and O–H groups in total. The highest BCUT2D eigenvalue weighted by Gasteiger charge is 2.38. The topological polar surface area (TPSA) is 86.3 Å². The van der Waals surface area contributed by atoms with Crippen molar-refractivity contribution in [1.82, 2.24) is 29.5 Å². The van der Waals surface area contributed by atoms with Crippen LogP contribution < -0.4 is 5.32 Å². The minimum absolute atomic E-state index is 0.0853. The number of hydrogen-bond acceptors (Lipinski definition) is 5. The van der Waals surface area contributed by atoms with Crippen LogP contribution >= 0.6 is 0 Å². The summed E-state index contributed by atoms with van der Waals surface area (Å²) in [6.45, 7) is 5.71. The van der Waals surface area contributed by atoms with Gasteiger partial charge in [0.1, 0.15) is 0 Å². The molecular formula is C29H31F3N6O2. The number of aryl methyl sites for hydroxylation is 2. The molecule has 0 spiro atoms. The molecular weight excluding hydrogens is 521 g/mol. The molecule has 210 valence electrons. The van der Waals surface area contributed by atoms with Crippen LogP contribution in [0.4, 0.5) is 13.2 Å². The number of rotatable bonds is 12. The van der Waals surface area contributed by atoms with Crippen molar-refractivity contribution in [2.75, 3.05) is 19.8 Å². The highest BCUT2D eigenvalue weighted by molar-refractivity contribution is 5.95. The Balaban J connectivity index is 1.60. The fourth-order valence-electron chi connectivity index (χ4n) is 4.45. The number of terminal acetylenes is 1. The Labute approximate surface area is 230 Å². The molecule has 0 atom stereocenters. The van der Waals surface area contributed by atoms with E-state index in [2.05, 4.69) is 26.3 Å². The van der Waals surface area contributed by atoms with Crippen molar-refractivity contribution in [2.45, 2.75) is 52.3 Å². The van der Waals surface area contributed by atoms with Gasteiger partial charge in [-0.2, -0.15) is 18.3 Å². The van der Waals surface area contributed by atoms with Gasteiger partial charge in [0.25, 0.3) is 5.91 Å². The number of carbonyl (C=O) groups is 1. The van der Waals surface area contributed by atoms with Crippen molar-refractivity contribution in [2.24, 2.45) is 0 Å². The molecule has 3 heterocycles. The Bertz CT molecular complexity index is 1520. The van der Waals surface area contributed by atoms with E-state index in [-0.39, 0.29) is 30.1 Å². The van der Waals surface area contributed by atoms with Crippen LogP contribution in [0.3, 0.4) is 0 Å². The van der Waals surface area contributed by atoms with Crippen LogP contribution in [-0.4, -0.2) is 49.8 Å². The molecule has 0 aliphatic heterocycles. The summed E-state index contributed by atoms with van der Waals surface area (Å²) in [6.07, 6.45) is 8.69. The first-order valence-electron chi connectivity index (χ1n) is 13.1. The van der Waals surface area contributed by atoms with Gasteiger partial charge in [-0.3, -0.25) is 18.9 Å². The number of carbonyl (C=O) groups excluding carboxylic acids is 1. The van der Waals surface area contributed by atoms with Gasteiger partial charge in [0.15, 0.2) is 11.3 Å². The lowest BCUT2D eigenvalue weighted by atomic mass is 9.99. The molecule has 0 aliphatic carbocycles. The van der Waals surface area contributed by atoms with Crippen molar-refractivity contribution >= 4 is 11.6 Å². The number of alkyl halides is 3. The summed E-state index contributed by atoms with van der Waals surface area (Å²) in [6, 6.07) is 5.59. The number of aromatic nitrogens is 5. The second-order valence-corrected chi connectivity index (χ2v) is 9.21. The van der Waals surface area contributed by atoms with Gasteiger partial charge in [-0.05, 0) is 30.0 Å². The summed E-state index contributed by atoms with van der Waals surface area (Å²) < 4.78 is 49.7. The fraction of sp³-hybridized carbons (Fsp3) is 0.379. The van der Waals surface area contributed by atoms with Crippen molar-refractivity contribution in [3.63, 3.8) is 0 Å². The first kappa shape index (κ1) is 28.8. The zero-order valence-corrected chi connectivity index (χ0v) is 22.5. The van der Waals surface area contributed by atoms with E-state index in [1.807, 2.05) is 26.0 Å². The molecule has 4 aromatic rings. The second-order valence-electron chi connectivity index (χ2n) is 9.21. The van der Waals surface area contributed by atoms with Gasteiger partial charge < -0.3 is 10.1 Å². The minimum Gasteiger partial charge on any atom is -0.380 e. The molecule has 8 nitrogen and oxygen atoms in total. The number of nitrogens with one attached hydrogen (secondary N) is 1. The van der Waals surface area contributed by atoms with Crippen molar-refractivity contribution < 1.29 is 22.7 Å². The summed E-state index contributed by atoms with van der Waals surface area (Å²) in [5.41, 5.74) is 2.58. The predicted molar refractivity (Wildman–Crippen MR) is 145 cm³/mol. The Kier molecular flexibility index (Phi) is 9.22. The minimum atomic E-state index is -4.65. The molecule has 1 amide bonds. The maximum Gasteiger partial charge on any atom is 0.435 e. The first-order valence-corrected chi connectivity index (χ1v) is 13.1. The average Bonchev–Trinajstić information content (AvgIpc) is 3.56. The third kappa shape index (κ3) is 6.51. The largest absolute Gasteiger partial charge is 0.435 e. The third-order valence-electron chi connectivity index (χ3n) is 6.34. The molecule has 1 aromatic carbocycles. The predicted octanol–water partition coefficient (Wildman–Crippen LogP) is 4.94. The van der Waals surface area contributed by atoms with Crippen LogP contribution in [0.1, 0.15) is 59.6 Å². The van der Waals surface area contributed by atoms with Crippen LogP contribution in [-0.2, 0) is 30.3 Å². The molecule has 11 heteroatoms. The summed E-state index contributed by atoms with van der Waals surface area (Å²) in [7, 11) is 0. The normalized spacial score (nSPS) is 11.6. The summed E-state index contributed by atoms with van der Waals surface area (Å²) in [5, 5.41) is 6.63. The van der Waals surface area contributed by atoms with E-state index in [0.29, 0.717) is 49.5 Å². The Hall–Kier alpha value is -4.17. The van der Waals surface area contributed by atoms with Crippen LogP contribution in [0.2, 0.25) is 0 Å². The number of halogens is 3. The van der Waals surface area contributed by atoms with Gasteiger partial charge in [0.2, 0.25) is 0 Å².